The Morgan fingerprint density at radius 1 is 1.06 bits per heavy atom. The molecule has 0 aliphatic carbocycles. The molecule has 2 aliphatic heterocycles. The van der Waals surface area contributed by atoms with E-state index in [9.17, 15) is 9.59 Å². The van der Waals surface area contributed by atoms with E-state index in [1.807, 2.05) is 59.4 Å². The quantitative estimate of drug-likeness (QED) is 0.719. The van der Waals surface area contributed by atoms with Crippen LogP contribution in [0, 0.1) is 0 Å². The number of hydrogen-bond donors (Lipinski definition) is 0. The Kier molecular flexibility index (Phi) is 6.97. The van der Waals surface area contributed by atoms with Crippen LogP contribution >= 0.6 is 0 Å². The summed E-state index contributed by atoms with van der Waals surface area (Å²) in [5.41, 5.74) is 2.71. The van der Waals surface area contributed by atoms with E-state index in [-0.39, 0.29) is 17.9 Å². The Bertz CT molecular complexity index is 876. The van der Waals surface area contributed by atoms with E-state index in [1.165, 1.54) is 0 Å². The van der Waals surface area contributed by atoms with Crippen molar-refractivity contribution in [2.75, 3.05) is 38.1 Å². The van der Waals surface area contributed by atoms with Gasteiger partial charge in [0, 0.05) is 75.3 Å². The van der Waals surface area contributed by atoms with Gasteiger partial charge in [0.15, 0.2) is 0 Å². The Balaban J connectivity index is 1.28. The van der Waals surface area contributed by atoms with Gasteiger partial charge in [0.2, 0.25) is 5.91 Å². The van der Waals surface area contributed by atoms with Gasteiger partial charge >= 0.3 is 0 Å². The number of likely N-dealkylation sites (tertiary alicyclic amines) is 1. The lowest BCUT2D eigenvalue weighted by molar-refractivity contribution is -0.119. The first kappa shape index (κ1) is 21.5. The highest BCUT2D eigenvalue weighted by molar-refractivity contribution is 5.97. The van der Waals surface area contributed by atoms with Gasteiger partial charge in [-0.2, -0.15) is 0 Å². The average Bonchev–Trinajstić information content (AvgIpc) is 2.83. The molecule has 2 aromatic rings. The Morgan fingerprint density at radius 3 is 2.52 bits per heavy atom. The van der Waals surface area contributed by atoms with E-state index in [0.717, 1.165) is 69.7 Å². The molecule has 1 aromatic carbocycles. The van der Waals surface area contributed by atoms with Crippen LogP contribution in [0.1, 0.15) is 48.2 Å². The minimum absolute atomic E-state index is 0.0588. The number of carbonyl (C=O) groups excluding carboxylic acids is 2. The first-order chi connectivity index (χ1) is 15.1. The molecule has 0 spiro atoms. The lowest BCUT2D eigenvalue weighted by atomic mass is 10.0. The first-order valence-corrected chi connectivity index (χ1v) is 11.4. The van der Waals surface area contributed by atoms with Crippen molar-refractivity contribution in [1.82, 2.24) is 14.8 Å². The maximum Gasteiger partial charge on any atom is 0.253 e. The van der Waals surface area contributed by atoms with E-state index in [0.29, 0.717) is 12.0 Å². The van der Waals surface area contributed by atoms with Gasteiger partial charge in [-0.25, -0.2) is 0 Å². The average molecular weight is 421 g/mol. The maximum absolute atomic E-state index is 13.0. The topological polar surface area (TPSA) is 56.8 Å². The highest BCUT2D eigenvalue weighted by atomic mass is 16.2. The fourth-order valence-electron chi connectivity index (χ4n) is 4.58. The van der Waals surface area contributed by atoms with Gasteiger partial charge in [0.05, 0.1) is 0 Å². The molecule has 2 aliphatic rings. The summed E-state index contributed by atoms with van der Waals surface area (Å²) in [6.07, 6.45) is 7.42. The third kappa shape index (κ3) is 5.31. The maximum atomic E-state index is 13.0. The van der Waals surface area contributed by atoms with Crippen molar-refractivity contribution in [2.24, 2.45) is 0 Å². The Morgan fingerprint density at radius 2 is 1.84 bits per heavy atom. The highest BCUT2D eigenvalue weighted by Crippen LogP contribution is 2.23. The van der Waals surface area contributed by atoms with Gasteiger partial charge in [-0.3, -0.25) is 14.6 Å². The van der Waals surface area contributed by atoms with Crippen LogP contribution in [0.3, 0.4) is 0 Å². The monoisotopic (exact) mass is 420 g/mol. The summed E-state index contributed by atoms with van der Waals surface area (Å²) in [4.78, 5) is 35.7. The van der Waals surface area contributed by atoms with E-state index in [1.54, 1.807) is 0 Å². The summed E-state index contributed by atoms with van der Waals surface area (Å²) in [5, 5.41) is 0. The fraction of sp³-hybridized carbons (Fsp3) is 0.480. The highest BCUT2D eigenvalue weighted by Gasteiger charge is 2.26. The van der Waals surface area contributed by atoms with Crippen molar-refractivity contribution < 1.29 is 9.59 Å². The molecule has 0 radical (unpaired) electrons. The summed E-state index contributed by atoms with van der Waals surface area (Å²) in [5.74, 6) is 0.237. The number of nitrogens with zero attached hydrogens (tertiary/aromatic N) is 4. The third-order valence-corrected chi connectivity index (χ3v) is 6.58. The fourth-order valence-corrected chi connectivity index (χ4v) is 4.58. The summed E-state index contributed by atoms with van der Waals surface area (Å²) in [6, 6.07) is 13.9. The number of piperidine rings is 2. The summed E-state index contributed by atoms with van der Waals surface area (Å²) >= 11 is 0. The smallest absolute Gasteiger partial charge is 0.253 e. The van der Waals surface area contributed by atoms with E-state index in [4.69, 9.17) is 0 Å². The number of benzene rings is 1. The van der Waals surface area contributed by atoms with E-state index in [2.05, 4.69) is 16.0 Å². The summed E-state index contributed by atoms with van der Waals surface area (Å²) in [7, 11) is 1.92. The molecule has 0 atom stereocenters. The molecule has 1 aromatic heterocycles. The molecule has 6 nitrogen and oxygen atoms in total. The molecule has 0 N–H and O–H groups in total. The van der Waals surface area contributed by atoms with Crippen molar-refractivity contribution in [3.8, 4) is 0 Å². The molecule has 0 saturated carbocycles. The molecule has 0 unspecified atom stereocenters. The van der Waals surface area contributed by atoms with Crippen LogP contribution in [-0.2, 0) is 11.2 Å². The van der Waals surface area contributed by atoms with Crippen molar-refractivity contribution in [3.05, 3.63) is 59.9 Å². The zero-order chi connectivity index (χ0) is 21.6. The summed E-state index contributed by atoms with van der Waals surface area (Å²) in [6.45, 7) is 3.79. The predicted octanol–water partition coefficient (Wildman–Crippen LogP) is 3.38. The number of rotatable bonds is 6. The van der Waals surface area contributed by atoms with Gasteiger partial charge in [-0.05, 0) is 62.1 Å². The van der Waals surface area contributed by atoms with Crippen LogP contribution in [0.15, 0.2) is 48.7 Å². The van der Waals surface area contributed by atoms with Crippen molar-refractivity contribution >= 4 is 17.5 Å². The molecule has 2 saturated heterocycles. The van der Waals surface area contributed by atoms with Crippen LogP contribution in [0.5, 0.6) is 0 Å². The van der Waals surface area contributed by atoms with Crippen molar-refractivity contribution in [2.45, 2.75) is 44.6 Å². The van der Waals surface area contributed by atoms with Gasteiger partial charge in [-0.1, -0.05) is 6.07 Å². The van der Waals surface area contributed by atoms with E-state index >= 15 is 0 Å². The predicted molar refractivity (Wildman–Crippen MR) is 122 cm³/mol. The van der Waals surface area contributed by atoms with Gasteiger partial charge in [-0.15, -0.1) is 0 Å². The Hall–Kier alpha value is -2.73. The van der Waals surface area contributed by atoms with Crippen LogP contribution in [0.2, 0.25) is 0 Å². The number of hydrogen-bond acceptors (Lipinski definition) is 4. The molecule has 6 heteroatoms. The van der Waals surface area contributed by atoms with Crippen LogP contribution < -0.4 is 4.90 Å². The molecule has 164 valence electrons. The molecular weight excluding hydrogens is 388 g/mol. The number of pyridine rings is 1. The molecule has 3 heterocycles. The SMILES string of the molecule is CN(C(=O)c1ccc(N2CCCCC2=O)cc1)C1CCN(CCc2ccccn2)CC1. The largest absolute Gasteiger partial charge is 0.339 e. The summed E-state index contributed by atoms with van der Waals surface area (Å²) < 4.78 is 0. The van der Waals surface area contributed by atoms with Crippen LogP contribution in [0.4, 0.5) is 5.69 Å². The lowest BCUT2D eigenvalue weighted by Gasteiger charge is -2.36. The zero-order valence-corrected chi connectivity index (χ0v) is 18.4. The first-order valence-electron chi connectivity index (χ1n) is 11.4. The van der Waals surface area contributed by atoms with E-state index < -0.39 is 0 Å². The number of amides is 2. The second kappa shape index (κ2) is 10.1. The second-order valence-corrected chi connectivity index (χ2v) is 8.61. The number of aromatic nitrogens is 1. The molecule has 2 fully saturated rings. The van der Waals surface area contributed by atoms with Gasteiger partial charge in [0.25, 0.3) is 5.91 Å². The molecule has 4 rings (SSSR count). The number of carbonyl (C=O) groups is 2. The standard InChI is InChI=1S/C25H32N4O2/c1-27(22-13-18-28(19-14-22)17-12-21-6-2-4-15-26-21)25(31)20-8-10-23(11-9-20)29-16-5-3-7-24(29)30/h2,4,6,8-11,15,22H,3,5,7,12-14,16-19H2,1H3. The third-order valence-electron chi connectivity index (χ3n) is 6.58. The van der Waals surface area contributed by atoms with Gasteiger partial charge in [0.1, 0.15) is 0 Å². The van der Waals surface area contributed by atoms with Crippen LogP contribution in [-0.4, -0.2) is 65.9 Å². The molecule has 2 amide bonds. The molecule has 0 bridgehead atoms. The normalized spacial score (nSPS) is 18.2. The molecule has 31 heavy (non-hydrogen) atoms. The Labute approximate surface area is 184 Å². The van der Waals surface area contributed by atoms with Crippen molar-refractivity contribution in [3.63, 3.8) is 0 Å². The van der Waals surface area contributed by atoms with Crippen molar-refractivity contribution in [1.29, 1.82) is 0 Å². The lowest BCUT2D eigenvalue weighted by Crippen LogP contribution is -2.46. The minimum atomic E-state index is 0.0588. The zero-order valence-electron chi connectivity index (χ0n) is 18.4. The second-order valence-electron chi connectivity index (χ2n) is 8.61. The number of anilines is 1. The van der Waals surface area contributed by atoms with Gasteiger partial charge < -0.3 is 14.7 Å². The van der Waals surface area contributed by atoms with Crippen LogP contribution in [0.25, 0.3) is 0 Å². The minimum Gasteiger partial charge on any atom is -0.339 e. The molecular formula is C25H32N4O2.